The fraction of sp³-hybridized carbons (Fsp3) is 0.185. The number of nitrogens with zero attached hydrogens (tertiary/aromatic N) is 4. The molecule has 0 aliphatic carbocycles. The van der Waals surface area contributed by atoms with E-state index in [0.717, 1.165) is 35.1 Å². The highest BCUT2D eigenvalue weighted by Gasteiger charge is 2.37. The number of amidine groups is 3. The molecule has 3 aliphatic heterocycles. The van der Waals surface area contributed by atoms with Gasteiger partial charge >= 0.3 is 0 Å². The van der Waals surface area contributed by atoms with Crippen LogP contribution in [0.3, 0.4) is 0 Å². The molecule has 0 aromatic heterocycles. The molecule has 8 nitrogen and oxygen atoms in total. The number of hydrogen-bond acceptors (Lipinski definition) is 7. The lowest BCUT2D eigenvalue weighted by molar-refractivity contribution is -0.114. The zero-order valence-corrected chi connectivity index (χ0v) is 20.2. The molecule has 36 heavy (non-hydrogen) atoms. The largest absolute Gasteiger partial charge is 0.489 e. The summed E-state index contributed by atoms with van der Waals surface area (Å²) < 4.78 is 11.4. The summed E-state index contributed by atoms with van der Waals surface area (Å²) in [5.74, 6) is 0.316. The van der Waals surface area contributed by atoms with Crippen LogP contribution < -0.4 is 4.74 Å². The standard InChI is InChI=1S/C27H23N5O3S/c28-24-23(25(33)29-26-32(24)30-27(36-26)31-12-14-34-15-13-31)16-18-8-10-21(11-9-18)35-17-20-6-3-5-19-4-1-2-7-22(19)20/h1-11,16,28H,12-15,17H2/b23-16+,28-24?. The van der Waals surface area contributed by atoms with Gasteiger partial charge in [0.2, 0.25) is 5.17 Å². The van der Waals surface area contributed by atoms with Gasteiger partial charge in [0.25, 0.3) is 5.91 Å². The van der Waals surface area contributed by atoms with E-state index in [9.17, 15) is 4.79 Å². The van der Waals surface area contributed by atoms with Crippen LogP contribution >= 0.6 is 11.8 Å². The van der Waals surface area contributed by atoms with Crippen molar-refractivity contribution in [3.8, 4) is 5.75 Å². The first-order chi connectivity index (χ1) is 17.7. The maximum Gasteiger partial charge on any atom is 0.283 e. The topological polar surface area (TPSA) is 90.6 Å². The number of thioether (sulfide) groups is 1. The minimum absolute atomic E-state index is 0.0250. The Labute approximate surface area is 212 Å². The van der Waals surface area contributed by atoms with Crippen LogP contribution in [0.4, 0.5) is 0 Å². The highest BCUT2D eigenvalue weighted by Crippen LogP contribution is 2.30. The lowest BCUT2D eigenvalue weighted by Gasteiger charge is -2.26. The molecule has 9 heteroatoms. The Balaban J connectivity index is 1.16. The molecule has 3 aromatic rings. The van der Waals surface area contributed by atoms with Crippen molar-refractivity contribution >= 4 is 50.7 Å². The van der Waals surface area contributed by atoms with Gasteiger partial charge in [0.15, 0.2) is 11.0 Å². The molecule has 3 aromatic carbocycles. The van der Waals surface area contributed by atoms with E-state index in [2.05, 4.69) is 39.3 Å². The summed E-state index contributed by atoms with van der Waals surface area (Å²) >= 11 is 1.31. The molecule has 0 bridgehead atoms. The average molecular weight is 498 g/mol. The molecular weight excluding hydrogens is 474 g/mol. The number of benzene rings is 3. The van der Waals surface area contributed by atoms with Gasteiger partial charge in [-0.1, -0.05) is 54.6 Å². The van der Waals surface area contributed by atoms with Gasteiger partial charge in [0, 0.05) is 13.1 Å². The summed E-state index contributed by atoms with van der Waals surface area (Å²) in [6, 6.07) is 21.9. The van der Waals surface area contributed by atoms with Gasteiger partial charge < -0.3 is 14.4 Å². The van der Waals surface area contributed by atoms with Crippen molar-refractivity contribution in [2.75, 3.05) is 26.3 Å². The normalized spacial score (nSPS) is 18.9. The number of hydrogen-bond donors (Lipinski definition) is 1. The van der Waals surface area contributed by atoms with Crippen LogP contribution in [0.2, 0.25) is 0 Å². The molecule has 0 atom stereocenters. The maximum atomic E-state index is 12.7. The first kappa shape index (κ1) is 22.5. The van der Waals surface area contributed by atoms with Crippen molar-refractivity contribution in [1.82, 2.24) is 9.91 Å². The summed E-state index contributed by atoms with van der Waals surface area (Å²) in [6.07, 6.45) is 1.67. The number of carbonyl (C=O) groups is 1. The van der Waals surface area contributed by atoms with Crippen LogP contribution in [0.25, 0.3) is 16.8 Å². The highest BCUT2D eigenvalue weighted by molar-refractivity contribution is 8.26. The molecule has 1 fully saturated rings. The zero-order chi connectivity index (χ0) is 24.5. The Kier molecular flexibility index (Phi) is 6.00. The third kappa shape index (κ3) is 4.38. The molecule has 0 unspecified atom stereocenters. The average Bonchev–Trinajstić information content (AvgIpc) is 3.35. The van der Waals surface area contributed by atoms with Crippen molar-refractivity contribution in [2.45, 2.75) is 6.61 Å². The molecule has 180 valence electrons. The maximum absolute atomic E-state index is 12.7. The molecule has 0 saturated carbocycles. The Morgan fingerprint density at radius 2 is 1.78 bits per heavy atom. The predicted molar refractivity (Wildman–Crippen MR) is 142 cm³/mol. The summed E-state index contributed by atoms with van der Waals surface area (Å²) in [5.41, 5.74) is 2.11. The van der Waals surface area contributed by atoms with Gasteiger partial charge in [-0.3, -0.25) is 10.2 Å². The monoisotopic (exact) mass is 497 g/mol. The van der Waals surface area contributed by atoms with Crippen LogP contribution in [0.5, 0.6) is 5.75 Å². The van der Waals surface area contributed by atoms with E-state index in [-0.39, 0.29) is 11.4 Å². The van der Waals surface area contributed by atoms with Crippen molar-refractivity contribution in [2.24, 2.45) is 10.1 Å². The third-order valence-electron chi connectivity index (χ3n) is 6.19. The van der Waals surface area contributed by atoms with Crippen molar-refractivity contribution in [1.29, 1.82) is 5.41 Å². The number of fused-ring (bicyclic) bond motifs is 2. The SMILES string of the molecule is N=C1/C(=C\c2ccc(OCc3cccc4ccccc34)cc2)C(=O)N=C2SC(N3CCOCC3)=NN12. The van der Waals surface area contributed by atoms with E-state index >= 15 is 0 Å². The molecule has 0 radical (unpaired) electrons. The van der Waals surface area contributed by atoms with Crippen molar-refractivity contribution in [3.05, 3.63) is 83.4 Å². The molecule has 1 amide bonds. The number of rotatable bonds is 4. The van der Waals surface area contributed by atoms with Gasteiger partial charge in [-0.25, -0.2) is 0 Å². The highest BCUT2D eigenvalue weighted by atomic mass is 32.2. The molecular formula is C27H23N5O3S. The summed E-state index contributed by atoms with van der Waals surface area (Å²) in [7, 11) is 0. The molecule has 3 aliphatic rings. The molecule has 1 saturated heterocycles. The zero-order valence-electron chi connectivity index (χ0n) is 19.4. The van der Waals surface area contributed by atoms with Gasteiger partial charge in [-0.2, -0.15) is 10.0 Å². The Bertz CT molecular complexity index is 1440. The van der Waals surface area contributed by atoms with Gasteiger partial charge in [0.05, 0.1) is 18.8 Å². The number of morpholine rings is 1. The number of ether oxygens (including phenoxy) is 2. The van der Waals surface area contributed by atoms with Crippen LogP contribution in [0.15, 0.2) is 82.4 Å². The Hall–Kier alpha value is -3.95. The van der Waals surface area contributed by atoms with E-state index in [1.807, 2.05) is 42.5 Å². The summed E-state index contributed by atoms with van der Waals surface area (Å²) in [6.45, 7) is 3.18. The second kappa shape index (κ2) is 9.60. The first-order valence-corrected chi connectivity index (χ1v) is 12.5. The number of amides is 1. The van der Waals surface area contributed by atoms with E-state index in [1.165, 1.54) is 27.5 Å². The lowest BCUT2D eigenvalue weighted by Crippen LogP contribution is -2.39. The van der Waals surface area contributed by atoms with Crippen LogP contribution in [0.1, 0.15) is 11.1 Å². The minimum atomic E-state index is -0.437. The van der Waals surface area contributed by atoms with E-state index < -0.39 is 5.91 Å². The van der Waals surface area contributed by atoms with Crippen molar-refractivity contribution < 1.29 is 14.3 Å². The third-order valence-corrected chi connectivity index (χ3v) is 7.16. The molecule has 3 heterocycles. The van der Waals surface area contributed by atoms with E-state index in [1.54, 1.807) is 6.08 Å². The fourth-order valence-electron chi connectivity index (χ4n) is 4.27. The van der Waals surface area contributed by atoms with Crippen LogP contribution in [-0.2, 0) is 16.1 Å². The van der Waals surface area contributed by atoms with Crippen LogP contribution in [-0.4, -0.2) is 58.3 Å². The van der Waals surface area contributed by atoms with Gasteiger partial charge in [-0.05, 0) is 51.9 Å². The number of carbonyl (C=O) groups excluding carboxylic acids is 1. The first-order valence-electron chi connectivity index (χ1n) is 11.7. The Morgan fingerprint density at radius 3 is 2.61 bits per heavy atom. The fourth-order valence-corrected chi connectivity index (χ4v) is 5.22. The smallest absolute Gasteiger partial charge is 0.283 e. The van der Waals surface area contributed by atoms with Crippen molar-refractivity contribution in [3.63, 3.8) is 0 Å². The summed E-state index contributed by atoms with van der Waals surface area (Å²) in [5, 5.41) is 18.1. The quantitative estimate of drug-likeness (QED) is 0.540. The molecule has 6 rings (SSSR count). The predicted octanol–water partition coefficient (Wildman–Crippen LogP) is 4.33. The number of nitrogens with one attached hydrogen (secondary N) is 1. The van der Waals surface area contributed by atoms with E-state index in [4.69, 9.17) is 14.9 Å². The number of aliphatic imine (C=N–C) groups is 1. The lowest BCUT2D eigenvalue weighted by atomic mass is 10.1. The molecule has 0 spiro atoms. The van der Waals surface area contributed by atoms with Gasteiger partial charge in [-0.15, -0.1) is 5.10 Å². The summed E-state index contributed by atoms with van der Waals surface area (Å²) in [4.78, 5) is 19.0. The van der Waals surface area contributed by atoms with E-state index in [0.29, 0.717) is 25.0 Å². The molecule has 1 N–H and O–H groups in total. The number of hydrazone groups is 1. The second-order valence-electron chi connectivity index (χ2n) is 8.50. The van der Waals surface area contributed by atoms with Gasteiger partial charge in [0.1, 0.15) is 12.4 Å². The van der Waals surface area contributed by atoms with Crippen LogP contribution in [0, 0.1) is 5.41 Å². The Morgan fingerprint density at radius 1 is 1.00 bits per heavy atom. The minimum Gasteiger partial charge on any atom is -0.489 e. The second-order valence-corrected chi connectivity index (χ2v) is 9.43.